The highest BCUT2D eigenvalue weighted by molar-refractivity contribution is 5.79. The summed E-state index contributed by atoms with van der Waals surface area (Å²) in [6.45, 7) is 4.54. The van der Waals surface area contributed by atoms with Gasteiger partial charge < -0.3 is 25.4 Å². The second-order valence-corrected chi connectivity index (χ2v) is 7.23. The van der Waals surface area contributed by atoms with Gasteiger partial charge >= 0.3 is 0 Å². The average molecular weight is 405 g/mol. The zero-order valence-electron chi connectivity index (χ0n) is 17.8. The third kappa shape index (κ3) is 9.65. The van der Waals surface area contributed by atoms with Gasteiger partial charge in [-0.25, -0.2) is 0 Å². The molecule has 0 heterocycles. The van der Waals surface area contributed by atoms with E-state index in [4.69, 9.17) is 9.47 Å². The van der Waals surface area contributed by atoms with E-state index in [1.165, 1.54) is 38.5 Å². The fourth-order valence-electron chi connectivity index (χ4n) is 3.35. The van der Waals surface area contributed by atoms with Crippen LogP contribution in [0.3, 0.4) is 0 Å². The molecule has 1 saturated carbocycles. The van der Waals surface area contributed by atoms with E-state index in [1.54, 1.807) is 7.05 Å². The van der Waals surface area contributed by atoms with Crippen molar-refractivity contribution in [2.45, 2.75) is 58.1 Å². The number of nitrogens with zero attached hydrogens (tertiary/aromatic N) is 1. The fraction of sp³-hybridized carbons (Fsp3) is 0.636. The summed E-state index contributed by atoms with van der Waals surface area (Å²) in [5.74, 6) is 1.30. The van der Waals surface area contributed by atoms with Crippen molar-refractivity contribution in [3.05, 3.63) is 29.8 Å². The number of ether oxygens (including phenoxy) is 2. The molecule has 1 aliphatic carbocycles. The Morgan fingerprint density at radius 1 is 1.14 bits per heavy atom. The van der Waals surface area contributed by atoms with Gasteiger partial charge in [0, 0.05) is 26.7 Å². The number of benzene rings is 1. The molecule has 7 nitrogen and oxygen atoms in total. The summed E-state index contributed by atoms with van der Waals surface area (Å²) in [6.07, 6.45) is 8.04. The Kier molecular flexibility index (Phi) is 11.0. The van der Waals surface area contributed by atoms with Crippen LogP contribution in [-0.4, -0.2) is 51.3 Å². The summed E-state index contributed by atoms with van der Waals surface area (Å²) < 4.78 is 11.5. The molecule has 2 rings (SSSR count). The van der Waals surface area contributed by atoms with Crippen molar-refractivity contribution >= 4 is 11.9 Å². The SMILES string of the molecule is CCNC(=O)COc1cccc(CNC(=NC)NCCOC2CCCCCC2)c1. The van der Waals surface area contributed by atoms with Crippen LogP contribution in [0, 0.1) is 0 Å². The van der Waals surface area contributed by atoms with E-state index in [9.17, 15) is 4.79 Å². The Labute approximate surface area is 174 Å². The van der Waals surface area contributed by atoms with Gasteiger partial charge in [-0.15, -0.1) is 0 Å². The highest BCUT2D eigenvalue weighted by Gasteiger charge is 2.12. The molecule has 1 aromatic carbocycles. The summed E-state index contributed by atoms with van der Waals surface area (Å²) >= 11 is 0. The summed E-state index contributed by atoms with van der Waals surface area (Å²) in [4.78, 5) is 15.8. The van der Waals surface area contributed by atoms with E-state index in [-0.39, 0.29) is 12.5 Å². The largest absolute Gasteiger partial charge is 0.484 e. The van der Waals surface area contributed by atoms with Crippen LogP contribution in [0.1, 0.15) is 51.0 Å². The Morgan fingerprint density at radius 3 is 2.66 bits per heavy atom. The summed E-state index contributed by atoms with van der Waals surface area (Å²) in [6, 6.07) is 7.70. The molecule has 1 amide bonds. The van der Waals surface area contributed by atoms with Crippen LogP contribution < -0.4 is 20.7 Å². The first-order valence-corrected chi connectivity index (χ1v) is 10.8. The maximum absolute atomic E-state index is 11.5. The van der Waals surface area contributed by atoms with Crippen molar-refractivity contribution in [2.24, 2.45) is 4.99 Å². The molecule has 7 heteroatoms. The molecular weight excluding hydrogens is 368 g/mol. The van der Waals surface area contributed by atoms with Gasteiger partial charge in [-0.2, -0.15) is 0 Å². The third-order valence-electron chi connectivity index (χ3n) is 4.88. The molecule has 1 aromatic rings. The molecule has 1 fully saturated rings. The number of hydrogen-bond acceptors (Lipinski definition) is 4. The smallest absolute Gasteiger partial charge is 0.257 e. The average Bonchev–Trinajstić information content (AvgIpc) is 3.01. The molecule has 0 radical (unpaired) electrons. The first kappa shape index (κ1) is 23.0. The number of likely N-dealkylation sites (N-methyl/N-ethyl adjacent to an activating group) is 1. The lowest BCUT2D eigenvalue weighted by molar-refractivity contribution is -0.122. The van der Waals surface area contributed by atoms with Crippen LogP contribution in [0.4, 0.5) is 0 Å². The Balaban J connectivity index is 1.67. The summed E-state index contributed by atoms with van der Waals surface area (Å²) in [7, 11) is 1.76. The van der Waals surface area contributed by atoms with Gasteiger partial charge in [0.2, 0.25) is 0 Å². The van der Waals surface area contributed by atoms with Gasteiger partial charge in [0.15, 0.2) is 12.6 Å². The molecule has 0 bridgehead atoms. The van der Waals surface area contributed by atoms with Gasteiger partial charge in [-0.3, -0.25) is 9.79 Å². The second kappa shape index (κ2) is 13.8. The normalized spacial score (nSPS) is 15.4. The molecule has 1 aliphatic rings. The minimum Gasteiger partial charge on any atom is -0.484 e. The number of rotatable bonds is 10. The number of carbonyl (C=O) groups is 1. The van der Waals surface area contributed by atoms with E-state index < -0.39 is 0 Å². The van der Waals surface area contributed by atoms with Crippen LogP contribution >= 0.6 is 0 Å². The van der Waals surface area contributed by atoms with E-state index >= 15 is 0 Å². The number of carbonyl (C=O) groups excluding carboxylic acids is 1. The third-order valence-corrected chi connectivity index (χ3v) is 4.88. The number of aliphatic imine (C=N–C) groups is 1. The minimum absolute atomic E-state index is 0.0228. The van der Waals surface area contributed by atoms with Crippen molar-refractivity contribution in [3.8, 4) is 5.75 Å². The Bertz CT molecular complexity index is 628. The zero-order valence-corrected chi connectivity index (χ0v) is 17.8. The van der Waals surface area contributed by atoms with Gasteiger partial charge in [0.25, 0.3) is 5.91 Å². The highest BCUT2D eigenvalue weighted by Crippen LogP contribution is 2.19. The standard InChI is InChI=1S/C22H36N4O3/c1-3-24-21(27)17-29-20-12-8-9-18(15-20)16-26-22(23-2)25-13-14-28-19-10-6-4-5-7-11-19/h8-9,12,15,19H,3-7,10-11,13-14,16-17H2,1-2H3,(H,24,27)(H2,23,25,26). The van der Waals surface area contributed by atoms with Crippen LogP contribution in [0.25, 0.3) is 0 Å². The first-order chi connectivity index (χ1) is 14.2. The van der Waals surface area contributed by atoms with Crippen molar-refractivity contribution in [3.63, 3.8) is 0 Å². The number of amides is 1. The number of nitrogens with one attached hydrogen (secondary N) is 3. The predicted octanol–water partition coefficient (Wildman–Crippen LogP) is 2.61. The molecule has 3 N–H and O–H groups in total. The molecule has 0 unspecified atom stereocenters. The highest BCUT2D eigenvalue weighted by atomic mass is 16.5. The van der Waals surface area contributed by atoms with Gasteiger partial charge in [0.05, 0.1) is 12.7 Å². The van der Waals surface area contributed by atoms with E-state index in [2.05, 4.69) is 20.9 Å². The summed E-state index contributed by atoms with van der Waals surface area (Å²) in [5.41, 5.74) is 1.05. The van der Waals surface area contributed by atoms with Gasteiger partial charge in [-0.05, 0) is 37.5 Å². The maximum atomic E-state index is 11.5. The molecule has 0 spiro atoms. The monoisotopic (exact) mass is 404 g/mol. The van der Waals surface area contributed by atoms with Crippen LogP contribution in [0.5, 0.6) is 5.75 Å². The Hall–Kier alpha value is -2.28. The lowest BCUT2D eigenvalue weighted by atomic mass is 10.1. The Morgan fingerprint density at radius 2 is 1.93 bits per heavy atom. The van der Waals surface area contributed by atoms with Crippen molar-refractivity contribution in [2.75, 3.05) is 33.4 Å². The van der Waals surface area contributed by atoms with Gasteiger partial charge in [-0.1, -0.05) is 37.8 Å². The van der Waals surface area contributed by atoms with Crippen LogP contribution in [0.2, 0.25) is 0 Å². The number of hydrogen-bond donors (Lipinski definition) is 3. The lowest BCUT2D eigenvalue weighted by Gasteiger charge is -2.17. The molecule has 0 atom stereocenters. The van der Waals surface area contributed by atoms with Crippen molar-refractivity contribution in [1.29, 1.82) is 0 Å². The topological polar surface area (TPSA) is 84.0 Å². The molecular formula is C22H36N4O3. The molecule has 0 aromatic heterocycles. The zero-order chi connectivity index (χ0) is 20.7. The van der Waals surface area contributed by atoms with Gasteiger partial charge in [0.1, 0.15) is 5.75 Å². The fourth-order valence-corrected chi connectivity index (χ4v) is 3.35. The van der Waals surface area contributed by atoms with E-state index in [0.717, 1.165) is 18.1 Å². The molecule has 0 saturated heterocycles. The van der Waals surface area contributed by atoms with E-state index in [1.807, 2.05) is 31.2 Å². The van der Waals surface area contributed by atoms with E-state index in [0.29, 0.717) is 31.5 Å². The summed E-state index contributed by atoms with van der Waals surface area (Å²) in [5, 5.41) is 9.30. The number of guanidine groups is 1. The first-order valence-electron chi connectivity index (χ1n) is 10.8. The van der Waals surface area contributed by atoms with Crippen molar-refractivity contribution < 1.29 is 14.3 Å². The lowest BCUT2D eigenvalue weighted by Crippen LogP contribution is -2.38. The maximum Gasteiger partial charge on any atom is 0.257 e. The van der Waals surface area contributed by atoms with Crippen LogP contribution in [0.15, 0.2) is 29.3 Å². The molecule has 0 aliphatic heterocycles. The predicted molar refractivity (Wildman–Crippen MR) is 116 cm³/mol. The quantitative estimate of drug-likeness (QED) is 0.242. The second-order valence-electron chi connectivity index (χ2n) is 7.23. The molecule has 29 heavy (non-hydrogen) atoms. The minimum atomic E-state index is -0.119. The molecule has 162 valence electrons. The van der Waals surface area contributed by atoms with Crippen LogP contribution in [-0.2, 0) is 16.1 Å². The van der Waals surface area contributed by atoms with Crippen molar-refractivity contribution in [1.82, 2.24) is 16.0 Å².